The van der Waals surface area contributed by atoms with Gasteiger partial charge in [0.1, 0.15) is 0 Å². The predicted molar refractivity (Wildman–Crippen MR) is 52.3 cm³/mol. The minimum atomic E-state index is -4.46. The molecule has 1 aromatic carbocycles. The molecule has 0 atom stereocenters. The van der Waals surface area contributed by atoms with E-state index in [0.29, 0.717) is 0 Å². The molecule has 3 nitrogen and oxygen atoms in total. The highest BCUT2D eigenvalue weighted by Crippen LogP contribution is 2.29. The Labute approximate surface area is 91.5 Å². The van der Waals surface area contributed by atoms with Crippen LogP contribution in [0.3, 0.4) is 0 Å². The van der Waals surface area contributed by atoms with Gasteiger partial charge in [0, 0.05) is 14.1 Å². The quantitative estimate of drug-likeness (QED) is 0.808. The summed E-state index contributed by atoms with van der Waals surface area (Å²) in [5.41, 5.74) is -0.870. The SMILES string of the molecule is CN(C)S(=O)(=O)c1ccc(C(F)(F)F)cc1. The first-order valence-electron chi connectivity index (χ1n) is 4.25. The highest BCUT2D eigenvalue weighted by molar-refractivity contribution is 7.89. The number of nitrogens with zero attached hydrogens (tertiary/aromatic N) is 1. The monoisotopic (exact) mass is 253 g/mol. The van der Waals surface area contributed by atoms with Gasteiger partial charge in [-0.2, -0.15) is 13.2 Å². The van der Waals surface area contributed by atoms with E-state index >= 15 is 0 Å². The highest BCUT2D eigenvalue weighted by Gasteiger charge is 2.30. The Morgan fingerprint density at radius 1 is 1.06 bits per heavy atom. The molecule has 0 saturated heterocycles. The summed E-state index contributed by atoms with van der Waals surface area (Å²) in [6, 6.07) is 3.38. The average molecular weight is 253 g/mol. The molecule has 0 aliphatic carbocycles. The van der Waals surface area contributed by atoms with Crippen molar-refractivity contribution >= 4 is 10.0 Å². The predicted octanol–water partition coefficient (Wildman–Crippen LogP) is 1.96. The van der Waals surface area contributed by atoms with Crippen molar-refractivity contribution in [2.45, 2.75) is 11.1 Å². The van der Waals surface area contributed by atoms with Crippen molar-refractivity contribution in [3.8, 4) is 0 Å². The summed E-state index contributed by atoms with van der Waals surface area (Å²) in [6.45, 7) is 0. The van der Waals surface area contributed by atoms with Gasteiger partial charge in [-0.15, -0.1) is 0 Å². The smallest absolute Gasteiger partial charge is 0.207 e. The molecule has 0 aliphatic rings. The van der Waals surface area contributed by atoms with Crippen LogP contribution in [0.5, 0.6) is 0 Å². The molecule has 0 spiro atoms. The van der Waals surface area contributed by atoms with E-state index in [1.807, 2.05) is 0 Å². The summed E-state index contributed by atoms with van der Waals surface area (Å²) in [7, 11) is -1.05. The van der Waals surface area contributed by atoms with Crippen LogP contribution in [-0.4, -0.2) is 26.8 Å². The van der Waals surface area contributed by atoms with Crippen LogP contribution in [0.4, 0.5) is 13.2 Å². The lowest BCUT2D eigenvalue weighted by Gasteiger charge is -2.12. The number of hydrogen-bond acceptors (Lipinski definition) is 2. The Morgan fingerprint density at radius 2 is 1.50 bits per heavy atom. The fourth-order valence-corrected chi connectivity index (χ4v) is 1.93. The molecule has 0 bridgehead atoms. The van der Waals surface area contributed by atoms with Crippen LogP contribution in [0, 0.1) is 0 Å². The minimum absolute atomic E-state index is 0.162. The second-order valence-corrected chi connectivity index (χ2v) is 5.46. The number of rotatable bonds is 2. The number of hydrogen-bond donors (Lipinski definition) is 0. The molecule has 0 aromatic heterocycles. The van der Waals surface area contributed by atoms with E-state index in [9.17, 15) is 21.6 Å². The third kappa shape index (κ3) is 2.53. The lowest BCUT2D eigenvalue weighted by atomic mass is 10.2. The maximum atomic E-state index is 12.2. The van der Waals surface area contributed by atoms with Gasteiger partial charge >= 0.3 is 6.18 Å². The van der Waals surface area contributed by atoms with Gasteiger partial charge in [-0.3, -0.25) is 0 Å². The third-order valence-corrected chi connectivity index (χ3v) is 3.79. The van der Waals surface area contributed by atoms with Gasteiger partial charge < -0.3 is 0 Å². The molecule has 0 radical (unpaired) electrons. The van der Waals surface area contributed by atoms with Crippen LogP contribution >= 0.6 is 0 Å². The second-order valence-electron chi connectivity index (χ2n) is 3.31. The summed E-state index contributed by atoms with van der Waals surface area (Å²) in [5, 5.41) is 0. The van der Waals surface area contributed by atoms with E-state index in [-0.39, 0.29) is 4.90 Å². The molecule has 0 aliphatic heterocycles. The van der Waals surface area contributed by atoms with Crippen LogP contribution < -0.4 is 0 Å². The van der Waals surface area contributed by atoms with Crippen LogP contribution in [0.15, 0.2) is 29.2 Å². The standard InChI is InChI=1S/C9H10F3NO2S/c1-13(2)16(14,15)8-5-3-7(4-6-8)9(10,11)12/h3-6H,1-2H3. The van der Waals surface area contributed by atoms with E-state index < -0.39 is 21.8 Å². The number of alkyl halides is 3. The summed E-state index contributed by atoms with van der Waals surface area (Å²) in [6.07, 6.45) is -4.46. The highest BCUT2D eigenvalue weighted by atomic mass is 32.2. The van der Waals surface area contributed by atoms with Gasteiger partial charge in [0.05, 0.1) is 10.5 Å². The van der Waals surface area contributed by atoms with Gasteiger partial charge in [-0.1, -0.05) is 0 Å². The van der Waals surface area contributed by atoms with Crippen LogP contribution in [-0.2, 0) is 16.2 Å². The summed E-state index contributed by atoms with van der Waals surface area (Å²) < 4.78 is 60.7. The molecule has 0 N–H and O–H groups in total. The van der Waals surface area contributed by atoms with Crippen molar-refractivity contribution in [2.24, 2.45) is 0 Å². The molecular weight excluding hydrogens is 243 g/mol. The Morgan fingerprint density at radius 3 is 1.81 bits per heavy atom. The summed E-state index contributed by atoms with van der Waals surface area (Å²) >= 11 is 0. The number of halogens is 3. The third-order valence-electron chi connectivity index (χ3n) is 1.96. The second kappa shape index (κ2) is 4.06. The Bertz CT molecular complexity index is 463. The van der Waals surface area contributed by atoms with Crippen LogP contribution in [0.2, 0.25) is 0 Å². The molecule has 0 amide bonds. The van der Waals surface area contributed by atoms with Crippen molar-refractivity contribution in [2.75, 3.05) is 14.1 Å². The normalized spacial score (nSPS) is 13.1. The zero-order valence-corrected chi connectivity index (χ0v) is 9.43. The van der Waals surface area contributed by atoms with E-state index in [1.54, 1.807) is 0 Å². The van der Waals surface area contributed by atoms with Crippen molar-refractivity contribution < 1.29 is 21.6 Å². The molecule has 16 heavy (non-hydrogen) atoms. The van der Waals surface area contributed by atoms with Crippen LogP contribution in [0.25, 0.3) is 0 Å². The van der Waals surface area contributed by atoms with Crippen molar-refractivity contribution in [1.82, 2.24) is 4.31 Å². The maximum Gasteiger partial charge on any atom is 0.416 e. The first-order valence-corrected chi connectivity index (χ1v) is 5.69. The lowest BCUT2D eigenvalue weighted by molar-refractivity contribution is -0.137. The zero-order valence-electron chi connectivity index (χ0n) is 8.62. The summed E-state index contributed by atoms with van der Waals surface area (Å²) in [5.74, 6) is 0. The van der Waals surface area contributed by atoms with E-state index in [4.69, 9.17) is 0 Å². The molecular formula is C9H10F3NO2S. The fraction of sp³-hybridized carbons (Fsp3) is 0.333. The average Bonchev–Trinajstić information content (AvgIpc) is 2.16. The lowest BCUT2D eigenvalue weighted by Crippen LogP contribution is -2.22. The molecule has 90 valence electrons. The van der Waals surface area contributed by atoms with Gasteiger partial charge in [0.2, 0.25) is 10.0 Å². The molecule has 1 rings (SSSR count). The molecule has 1 aromatic rings. The zero-order chi connectivity index (χ0) is 12.6. The van der Waals surface area contributed by atoms with Crippen molar-refractivity contribution in [3.63, 3.8) is 0 Å². The number of sulfonamides is 1. The van der Waals surface area contributed by atoms with Crippen molar-refractivity contribution in [3.05, 3.63) is 29.8 Å². The molecule has 0 heterocycles. The largest absolute Gasteiger partial charge is 0.416 e. The van der Waals surface area contributed by atoms with Crippen molar-refractivity contribution in [1.29, 1.82) is 0 Å². The number of benzene rings is 1. The summed E-state index contributed by atoms with van der Waals surface area (Å²) in [4.78, 5) is -0.162. The first-order chi connectivity index (χ1) is 7.15. The molecule has 0 unspecified atom stereocenters. The van der Waals surface area contributed by atoms with Gasteiger partial charge in [0.15, 0.2) is 0 Å². The van der Waals surface area contributed by atoms with Gasteiger partial charge in [0.25, 0.3) is 0 Å². The minimum Gasteiger partial charge on any atom is -0.207 e. The fourth-order valence-electron chi connectivity index (χ4n) is 1.03. The topological polar surface area (TPSA) is 37.4 Å². The Hall–Kier alpha value is -1.08. The van der Waals surface area contributed by atoms with Crippen LogP contribution in [0.1, 0.15) is 5.56 Å². The van der Waals surface area contributed by atoms with E-state index in [1.165, 1.54) is 14.1 Å². The van der Waals surface area contributed by atoms with Gasteiger partial charge in [-0.05, 0) is 24.3 Å². The van der Waals surface area contributed by atoms with Gasteiger partial charge in [-0.25, -0.2) is 12.7 Å². The first kappa shape index (κ1) is 13.0. The molecule has 0 fully saturated rings. The maximum absolute atomic E-state index is 12.2. The molecule has 7 heteroatoms. The molecule has 0 saturated carbocycles. The Balaban J connectivity index is 3.15. The Kier molecular flexibility index (Phi) is 3.30. The van der Waals surface area contributed by atoms with E-state index in [2.05, 4.69) is 0 Å². The van der Waals surface area contributed by atoms with E-state index in [0.717, 1.165) is 28.6 Å².